The fourth-order valence-electron chi connectivity index (χ4n) is 3.78. The maximum Gasteiger partial charge on any atom is 0.0412 e. The summed E-state index contributed by atoms with van der Waals surface area (Å²) >= 11 is 6.33. The summed E-state index contributed by atoms with van der Waals surface area (Å²) in [4.78, 5) is 0. The second-order valence-electron chi connectivity index (χ2n) is 9.34. The molecule has 0 spiro atoms. The molecular weight excluding hydrogens is 324 g/mol. The molecule has 1 heteroatoms. The molecule has 0 heterocycles. The lowest BCUT2D eigenvalue weighted by Crippen LogP contribution is -2.12. The quantitative estimate of drug-likeness (QED) is 0.305. The summed E-state index contributed by atoms with van der Waals surface area (Å²) in [6.07, 6.45) is 0. The molecular formula is C24H25Cl. The molecule has 4 rings (SSSR count). The summed E-state index contributed by atoms with van der Waals surface area (Å²) in [6.45, 7) is 13.7. The average molecular weight is 349 g/mol. The normalized spacial score (nSPS) is 13.4. The van der Waals surface area contributed by atoms with Crippen LogP contribution in [-0.4, -0.2) is 0 Å². The van der Waals surface area contributed by atoms with Gasteiger partial charge < -0.3 is 0 Å². The summed E-state index contributed by atoms with van der Waals surface area (Å²) in [5.41, 5.74) is 8.25. The van der Waals surface area contributed by atoms with Crippen molar-refractivity contribution in [1.82, 2.24) is 0 Å². The van der Waals surface area contributed by atoms with E-state index >= 15 is 0 Å². The van der Waals surface area contributed by atoms with Crippen molar-refractivity contribution in [3.8, 4) is 22.3 Å². The summed E-state index contributed by atoms with van der Waals surface area (Å²) in [7, 11) is 0. The molecule has 0 radical (unpaired) electrons. The van der Waals surface area contributed by atoms with Gasteiger partial charge in [-0.25, -0.2) is 0 Å². The Labute approximate surface area is 155 Å². The number of fused-ring (bicyclic) bond motifs is 3. The van der Waals surface area contributed by atoms with E-state index in [0.29, 0.717) is 0 Å². The van der Waals surface area contributed by atoms with Crippen LogP contribution in [0.4, 0.5) is 0 Å². The third-order valence-electron chi connectivity index (χ3n) is 5.34. The third-order valence-corrected chi connectivity index (χ3v) is 5.58. The molecule has 3 aromatic rings. The van der Waals surface area contributed by atoms with Crippen LogP contribution in [0.2, 0.25) is 5.02 Å². The summed E-state index contributed by atoms with van der Waals surface area (Å²) in [6, 6.07) is 15.8. The van der Waals surface area contributed by atoms with Gasteiger partial charge in [0.05, 0.1) is 0 Å². The first kappa shape index (κ1) is 16.7. The maximum absolute atomic E-state index is 6.33. The Balaban J connectivity index is 2.16. The van der Waals surface area contributed by atoms with Gasteiger partial charge in [-0.1, -0.05) is 71.3 Å². The van der Waals surface area contributed by atoms with Crippen molar-refractivity contribution in [2.75, 3.05) is 0 Å². The largest absolute Gasteiger partial charge is 0.0843 e. The fourth-order valence-corrected chi connectivity index (χ4v) is 3.95. The van der Waals surface area contributed by atoms with Gasteiger partial charge in [0.15, 0.2) is 0 Å². The van der Waals surface area contributed by atoms with Crippen molar-refractivity contribution in [3.05, 3.63) is 58.6 Å². The van der Waals surface area contributed by atoms with Crippen LogP contribution in [0.5, 0.6) is 0 Å². The van der Waals surface area contributed by atoms with Crippen molar-refractivity contribution in [1.29, 1.82) is 0 Å². The molecule has 0 aliphatic heterocycles. The first-order valence-corrected chi connectivity index (χ1v) is 9.36. The van der Waals surface area contributed by atoms with Crippen molar-refractivity contribution in [2.24, 2.45) is 0 Å². The second-order valence-corrected chi connectivity index (χ2v) is 9.77. The van der Waals surface area contributed by atoms with Crippen molar-refractivity contribution < 1.29 is 0 Å². The zero-order chi connectivity index (χ0) is 18.1. The van der Waals surface area contributed by atoms with Gasteiger partial charge >= 0.3 is 0 Å². The highest BCUT2D eigenvalue weighted by Crippen LogP contribution is 2.50. The minimum Gasteiger partial charge on any atom is -0.0843 e. The number of halogens is 1. The van der Waals surface area contributed by atoms with Crippen LogP contribution < -0.4 is 0 Å². The van der Waals surface area contributed by atoms with Gasteiger partial charge in [-0.2, -0.15) is 0 Å². The highest BCUT2D eigenvalue weighted by molar-refractivity contribution is 6.31. The number of hydrogen-bond donors (Lipinski definition) is 0. The van der Waals surface area contributed by atoms with E-state index in [1.54, 1.807) is 0 Å². The van der Waals surface area contributed by atoms with Gasteiger partial charge in [-0.3, -0.25) is 0 Å². The molecule has 0 saturated heterocycles. The Morgan fingerprint density at radius 3 is 1.64 bits per heavy atom. The molecule has 1 aliphatic rings. The number of benzene rings is 3. The maximum atomic E-state index is 6.33. The van der Waals surface area contributed by atoms with E-state index in [1.807, 2.05) is 6.07 Å². The monoisotopic (exact) mass is 348 g/mol. The van der Waals surface area contributed by atoms with E-state index in [2.05, 4.69) is 77.9 Å². The molecule has 3 aromatic carbocycles. The molecule has 1 aliphatic carbocycles. The zero-order valence-corrected chi connectivity index (χ0v) is 16.7. The molecule has 0 aromatic heterocycles. The molecule has 0 fully saturated rings. The smallest absolute Gasteiger partial charge is 0.0412 e. The predicted octanol–water partition coefficient (Wildman–Crippen LogP) is 7.74. The van der Waals surface area contributed by atoms with Gasteiger partial charge in [0.2, 0.25) is 0 Å². The van der Waals surface area contributed by atoms with Gasteiger partial charge in [0.1, 0.15) is 0 Å². The van der Waals surface area contributed by atoms with Gasteiger partial charge in [-0.05, 0) is 79.2 Å². The van der Waals surface area contributed by atoms with E-state index in [0.717, 1.165) is 5.02 Å². The van der Waals surface area contributed by atoms with E-state index in [9.17, 15) is 0 Å². The van der Waals surface area contributed by atoms with Gasteiger partial charge in [0, 0.05) is 5.02 Å². The Hall–Kier alpha value is -1.79. The molecule has 128 valence electrons. The summed E-state index contributed by atoms with van der Waals surface area (Å²) in [5.74, 6) is 0. The minimum atomic E-state index is 0.115. The van der Waals surface area contributed by atoms with Crippen LogP contribution in [0.3, 0.4) is 0 Å². The first-order chi connectivity index (χ1) is 11.6. The zero-order valence-electron chi connectivity index (χ0n) is 15.9. The lowest BCUT2D eigenvalue weighted by atomic mass is 9.81. The first-order valence-electron chi connectivity index (χ1n) is 8.99. The Morgan fingerprint density at radius 2 is 1.12 bits per heavy atom. The van der Waals surface area contributed by atoms with Crippen molar-refractivity contribution >= 4 is 22.4 Å². The van der Waals surface area contributed by atoms with E-state index in [4.69, 9.17) is 11.6 Å². The SMILES string of the molecule is CC(C)(C)c1cc2c3c(cc(C(C)(C)C)cc3c1)-c1cc(Cl)ccc1-2. The third kappa shape index (κ3) is 2.59. The fraction of sp³-hybridized carbons (Fsp3) is 0.333. The van der Waals surface area contributed by atoms with Crippen LogP contribution >= 0.6 is 11.6 Å². The van der Waals surface area contributed by atoms with Crippen LogP contribution in [0.1, 0.15) is 52.7 Å². The van der Waals surface area contributed by atoms with E-state index < -0.39 is 0 Å². The Morgan fingerprint density at radius 1 is 0.600 bits per heavy atom. The minimum absolute atomic E-state index is 0.115. The molecule has 25 heavy (non-hydrogen) atoms. The van der Waals surface area contributed by atoms with Gasteiger partial charge in [0.25, 0.3) is 0 Å². The molecule has 0 amide bonds. The predicted molar refractivity (Wildman–Crippen MR) is 111 cm³/mol. The Bertz CT molecular complexity index is 1010. The van der Waals surface area contributed by atoms with Crippen LogP contribution in [0, 0.1) is 0 Å². The molecule has 0 atom stereocenters. The van der Waals surface area contributed by atoms with Crippen molar-refractivity contribution in [2.45, 2.75) is 52.4 Å². The van der Waals surface area contributed by atoms with Crippen LogP contribution in [0.25, 0.3) is 33.0 Å². The van der Waals surface area contributed by atoms with E-state index in [1.165, 1.54) is 44.2 Å². The molecule has 0 nitrogen and oxygen atoms in total. The van der Waals surface area contributed by atoms with Crippen molar-refractivity contribution in [3.63, 3.8) is 0 Å². The lowest BCUT2D eigenvalue weighted by molar-refractivity contribution is 0.589. The molecule has 0 unspecified atom stereocenters. The Kier molecular flexibility index (Phi) is 3.41. The molecule has 0 saturated carbocycles. The lowest BCUT2D eigenvalue weighted by Gasteiger charge is -2.23. The van der Waals surface area contributed by atoms with E-state index in [-0.39, 0.29) is 10.8 Å². The number of rotatable bonds is 0. The molecule has 0 bridgehead atoms. The number of hydrogen-bond acceptors (Lipinski definition) is 0. The summed E-state index contributed by atoms with van der Waals surface area (Å²) in [5, 5.41) is 3.52. The highest BCUT2D eigenvalue weighted by Gasteiger charge is 2.27. The van der Waals surface area contributed by atoms with Crippen LogP contribution in [0.15, 0.2) is 42.5 Å². The second kappa shape index (κ2) is 5.11. The standard InChI is InChI=1S/C24H25Cl/c1-23(2,3)15-9-14-10-16(24(4,5)6)12-21-19-13-17(25)7-8-18(19)20(11-15)22(14)21/h7-13H,1-6H3. The van der Waals surface area contributed by atoms with Gasteiger partial charge in [-0.15, -0.1) is 0 Å². The summed E-state index contributed by atoms with van der Waals surface area (Å²) < 4.78 is 0. The molecule has 0 N–H and O–H groups in total. The highest BCUT2D eigenvalue weighted by atomic mass is 35.5. The topological polar surface area (TPSA) is 0 Å². The average Bonchev–Trinajstić information content (AvgIpc) is 2.80. The van der Waals surface area contributed by atoms with Crippen LogP contribution in [-0.2, 0) is 10.8 Å².